The predicted octanol–water partition coefficient (Wildman–Crippen LogP) is 5.75. The Hall–Kier alpha value is -11.1. The summed E-state index contributed by atoms with van der Waals surface area (Å²) in [5.74, 6) is -5.53. The van der Waals surface area contributed by atoms with Gasteiger partial charge in [-0.1, -0.05) is 61.0 Å². The van der Waals surface area contributed by atoms with Crippen molar-refractivity contribution in [3.8, 4) is 39.4 Å². The summed E-state index contributed by atoms with van der Waals surface area (Å²) in [6.45, 7) is 3.97. The minimum Gasteiger partial charge on any atom is -0.535 e. The lowest BCUT2D eigenvalue weighted by Crippen LogP contribution is -2.44. The van der Waals surface area contributed by atoms with Crippen LogP contribution in [0.5, 0.6) is 5.75 Å². The van der Waals surface area contributed by atoms with E-state index in [2.05, 4.69) is 92.5 Å². The van der Waals surface area contributed by atoms with Gasteiger partial charge < -0.3 is 46.9 Å². The maximum atomic E-state index is 15.5. The molecule has 517 valence electrons. The second-order valence-corrected chi connectivity index (χ2v) is 22.2. The molecule has 0 saturated carbocycles. The van der Waals surface area contributed by atoms with E-state index >= 15 is 4.39 Å². The molecule has 0 aliphatic carbocycles. The molecule has 2 aromatic carbocycles. The summed E-state index contributed by atoms with van der Waals surface area (Å²) in [7, 11) is 0.582. The van der Waals surface area contributed by atoms with E-state index in [9.17, 15) is 38.0 Å². The van der Waals surface area contributed by atoms with Crippen molar-refractivity contribution in [1.29, 1.82) is 0 Å². The van der Waals surface area contributed by atoms with Crippen molar-refractivity contribution in [2.45, 2.75) is 72.1 Å². The van der Waals surface area contributed by atoms with Crippen molar-refractivity contribution in [2.75, 3.05) is 11.9 Å². The number of nitrogens with two attached hydrogens (primary N) is 3. The molecule has 1 aliphatic heterocycles. The normalized spacial score (nSPS) is 12.8. The first-order chi connectivity index (χ1) is 46.9. The van der Waals surface area contributed by atoms with Crippen LogP contribution in [0.4, 0.5) is 14.5 Å². The molecule has 1 radical (unpaired) electrons. The van der Waals surface area contributed by atoms with Crippen molar-refractivity contribution < 1.29 is 61.9 Å². The second-order valence-electron chi connectivity index (χ2n) is 21.4. The van der Waals surface area contributed by atoms with Crippen molar-refractivity contribution in [3.05, 3.63) is 168 Å². The molecule has 9 aromatic heterocycles. The predicted molar refractivity (Wildman–Crippen MR) is 372 cm³/mol. The summed E-state index contributed by atoms with van der Waals surface area (Å²) in [6, 6.07) is 14.6. The third kappa shape index (κ3) is 19.6. The molecule has 9 N–H and O–H groups in total. The second kappa shape index (κ2) is 35.4. The zero-order valence-corrected chi connectivity index (χ0v) is 55.9. The third-order valence-corrected chi connectivity index (χ3v) is 14.1. The van der Waals surface area contributed by atoms with Gasteiger partial charge in [-0.15, -0.1) is 0 Å². The first kappa shape index (κ1) is 77.9. The molecule has 0 spiro atoms. The van der Waals surface area contributed by atoms with Gasteiger partial charge in [0.1, 0.15) is 67.3 Å². The SMILES string of the molecule is C.CC(C)(C)OC(=O)Cn1nc(C(N)=O)c2cc(Cl)ncc21.NC(=O)c1nn(CC(=O)N2C[C@H](F)C[C@H]2C(=O)Nc2cccc(-c3ccccc3Cl)c2F)c2cnc(-c3cncnc3)cc12.NC(=O)c1nn(CC(=O)O)c2cnc(-c3cncnc3)cc12.O[B]Oc1cncnc1.S.S=S. The van der Waals surface area contributed by atoms with Gasteiger partial charge in [0.25, 0.3) is 17.7 Å². The number of amides is 5. The number of alkyl halides is 1. The van der Waals surface area contributed by atoms with E-state index in [1.807, 2.05) is 0 Å². The molecule has 100 heavy (non-hydrogen) atoms. The number of likely N-dealkylation sites (tertiary alicyclic amines) is 1. The molecular weight excluding hydrogens is 1400 g/mol. The summed E-state index contributed by atoms with van der Waals surface area (Å²) in [5.41, 5.74) is 19.4. The largest absolute Gasteiger partial charge is 0.569 e. The smallest absolute Gasteiger partial charge is 0.535 e. The lowest BCUT2D eigenvalue weighted by atomic mass is 10.0. The van der Waals surface area contributed by atoms with E-state index < -0.39 is 71.7 Å². The number of aliphatic carboxylic acids is 1. The first-order valence-corrected chi connectivity index (χ1v) is 30.4. The quantitative estimate of drug-likeness (QED) is 0.0381. The highest BCUT2D eigenvalue weighted by atomic mass is 35.5. The number of ether oxygens (including phenoxy) is 1. The van der Waals surface area contributed by atoms with E-state index in [0.717, 1.165) is 4.90 Å². The van der Waals surface area contributed by atoms with E-state index in [0.29, 0.717) is 79.2 Å². The zero-order chi connectivity index (χ0) is 71.0. The van der Waals surface area contributed by atoms with Crippen LogP contribution in [0.25, 0.3) is 66.4 Å². The number of hydrogen-bond donors (Lipinski definition) is 6. The van der Waals surface area contributed by atoms with Gasteiger partial charge in [0.05, 0.1) is 71.2 Å². The first-order valence-electron chi connectivity index (χ1n) is 28.3. The molecule has 5 amide bonds. The molecule has 12 rings (SSSR count). The number of pyridine rings is 3. The summed E-state index contributed by atoms with van der Waals surface area (Å²) in [5, 5.41) is 33.5. The van der Waals surface area contributed by atoms with Crippen molar-refractivity contribution in [2.24, 2.45) is 17.2 Å². The number of nitrogens with zero attached hydrogens (tertiary/aromatic N) is 16. The molecular formula is C61H58BCl2F2N20O11S3. The fraction of sp³-hybridized carbons (Fsp3) is 0.197. The Labute approximate surface area is 593 Å². The van der Waals surface area contributed by atoms with Crippen molar-refractivity contribution >= 4 is 147 Å². The van der Waals surface area contributed by atoms with Crippen molar-refractivity contribution in [3.63, 3.8) is 0 Å². The fourth-order valence-corrected chi connectivity index (χ4v) is 9.96. The van der Waals surface area contributed by atoms with Crippen LogP contribution in [0.1, 0.15) is 66.1 Å². The summed E-state index contributed by atoms with van der Waals surface area (Å²) in [6.07, 6.45) is 15.8. The molecule has 0 bridgehead atoms. The van der Waals surface area contributed by atoms with Gasteiger partial charge in [-0.2, -0.15) is 28.8 Å². The lowest BCUT2D eigenvalue weighted by Gasteiger charge is -2.24. The number of hydrogen-bond acceptors (Lipinski definition) is 24. The molecule has 1 fully saturated rings. The van der Waals surface area contributed by atoms with Crippen LogP contribution in [0.15, 0.2) is 135 Å². The Morgan fingerprint density at radius 3 is 1.60 bits per heavy atom. The summed E-state index contributed by atoms with van der Waals surface area (Å²) >= 11 is 19.4. The van der Waals surface area contributed by atoms with Crippen LogP contribution in [-0.4, -0.2) is 163 Å². The van der Waals surface area contributed by atoms with Crippen LogP contribution in [0, 0.1) is 5.82 Å². The highest BCUT2D eigenvalue weighted by Gasteiger charge is 2.40. The minimum atomic E-state index is -1.48. The topological polar surface area (TPSA) is 441 Å². The van der Waals surface area contributed by atoms with Crippen LogP contribution in [-0.2, 0) is 65.9 Å². The molecule has 2 atom stereocenters. The van der Waals surface area contributed by atoms with Crippen LogP contribution in [0.2, 0.25) is 10.2 Å². The number of halogens is 4. The number of rotatable bonds is 16. The number of nitrogens with one attached hydrogen (secondary N) is 1. The standard InChI is InChI=1S/C30H23ClF2N8O3.C13H15ClN4O3.C13H10N6O3.C4H4BN2O2.CH4.S2.H2S/c31-21-6-2-1-4-18(21)19-5-3-7-22(27(19)33)38-30(44)24-8-17(32)13-40(24)26(42)14-41-25-12-37-23(16-10-35-15-36-11-16)9-20(25)28(39-41)29(34)43;1-13(2,3)21-10(19)6-18-8-5-16-9(14)4-7(8)11(17-18)12(15)20;14-13(22)12-8-1-9(7-2-15-6-16-3-7)17-4-10(8)19(18-12)5-11(20)21;8-5-9-4-1-6-3-7-2-4;;1-2;/h1-7,9-12,15,17,24H,8,13-14H2,(H2,34,43)(H,38,44);4-5H,6H2,1-3H3,(H2,15,20);1-4,6H,5H2,(H2,14,22)(H,20,21);1-3,8H;1H4;;1H2/t17-,24+;;;;;;/m1....../s1. The number of benzene rings is 2. The van der Waals surface area contributed by atoms with Crippen LogP contribution >= 0.6 is 36.7 Å². The number of aromatic nitrogens is 15. The van der Waals surface area contributed by atoms with E-state index in [4.69, 9.17) is 55.3 Å². The van der Waals surface area contributed by atoms with Gasteiger partial charge in [-0.3, -0.25) is 57.6 Å². The van der Waals surface area contributed by atoms with Gasteiger partial charge in [0.2, 0.25) is 11.8 Å². The van der Waals surface area contributed by atoms with E-state index in [-0.39, 0.29) is 80.5 Å². The van der Waals surface area contributed by atoms with Gasteiger partial charge in [-0.05, 0) is 51.1 Å². The average Bonchev–Trinajstić information content (AvgIpc) is 1.62. The number of carboxylic acids is 1. The maximum Gasteiger partial charge on any atom is 0.569 e. The molecule has 0 unspecified atom stereocenters. The number of primary amides is 3. The zero-order valence-electron chi connectivity index (χ0n) is 51.8. The Balaban J connectivity index is 0.000000236. The highest BCUT2D eigenvalue weighted by Crippen LogP contribution is 2.34. The number of esters is 1. The number of fused-ring (bicyclic) bond motifs is 3. The summed E-state index contributed by atoms with van der Waals surface area (Å²) in [4.78, 5) is 121. The minimum absolute atomic E-state index is 0. The lowest BCUT2D eigenvalue weighted by molar-refractivity contribution is -0.155. The summed E-state index contributed by atoms with van der Waals surface area (Å²) < 4.78 is 43.6. The Bertz CT molecular complexity index is 4760. The fourth-order valence-electron chi connectivity index (χ4n) is 9.57. The van der Waals surface area contributed by atoms with E-state index in [1.165, 1.54) is 82.2 Å². The van der Waals surface area contributed by atoms with Crippen molar-refractivity contribution in [1.82, 2.24) is 79.1 Å². The molecule has 39 heteroatoms. The highest BCUT2D eigenvalue weighted by molar-refractivity contribution is 8.07. The monoisotopic (exact) mass is 1460 g/mol. The van der Waals surface area contributed by atoms with E-state index in [1.54, 1.807) is 88.0 Å². The van der Waals surface area contributed by atoms with Gasteiger partial charge in [-0.25, -0.2) is 43.7 Å². The maximum absolute atomic E-state index is 15.5. The van der Waals surface area contributed by atoms with Gasteiger partial charge >= 0.3 is 19.6 Å². The molecule has 10 heterocycles. The molecule has 11 aromatic rings. The number of carbonyl (C=O) groups is 7. The Kier molecular flexibility index (Phi) is 27.6. The van der Waals surface area contributed by atoms with Gasteiger partial charge in [0.15, 0.2) is 22.9 Å². The average molecular weight is 1460 g/mol. The Morgan fingerprint density at radius 1 is 0.660 bits per heavy atom. The number of carbonyl (C=O) groups excluding carboxylic acids is 6. The number of anilines is 1. The third-order valence-electron chi connectivity index (χ3n) is 13.6. The van der Waals surface area contributed by atoms with Crippen LogP contribution in [0.3, 0.4) is 0 Å². The molecule has 1 aliphatic rings. The van der Waals surface area contributed by atoms with Gasteiger partial charge in [0, 0.05) is 97.0 Å². The Morgan fingerprint density at radius 2 is 1.12 bits per heavy atom. The van der Waals surface area contributed by atoms with Crippen LogP contribution < -0.4 is 27.2 Å². The molecule has 1 saturated heterocycles. The molecule has 31 nitrogen and oxygen atoms in total. The number of carboxylic acid groups (broad SMARTS) is 1.